The predicted octanol–water partition coefficient (Wildman–Crippen LogP) is 13.2. The number of aromatic nitrogens is 3. The minimum absolute atomic E-state index is 0.518. The lowest BCUT2D eigenvalue weighted by molar-refractivity contribution is 0.669. The molecule has 0 aliphatic heterocycles. The highest BCUT2D eigenvalue weighted by molar-refractivity contribution is 6.11. The molecule has 54 heavy (non-hydrogen) atoms. The quantitative estimate of drug-likeness (QED) is 0.180. The van der Waals surface area contributed by atoms with Crippen LogP contribution in [0, 0.1) is 0 Å². The third-order valence-electron chi connectivity index (χ3n) is 10.4. The van der Waals surface area contributed by atoms with Gasteiger partial charge in [0.05, 0.1) is 11.1 Å². The molecule has 5 heteroatoms. The van der Waals surface area contributed by atoms with E-state index in [2.05, 4.69) is 109 Å². The van der Waals surface area contributed by atoms with Crippen molar-refractivity contribution in [1.29, 1.82) is 0 Å². The second-order valence-electron chi connectivity index (χ2n) is 13.5. The van der Waals surface area contributed by atoms with Gasteiger partial charge in [-0.3, -0.25) is 0 Å². The van der Waals surface area contributed by atoms with Crippen LogP contribution in [0.2, 0.25) is 0 Å². The van der Waals surface area contributed by atoms with Crippen LogP contribution in [0.4, 0.5) is 0 Å². The van der Waals surface area contributed by atoms with E-state index in [1.165, 1.54) is 0 Å². The topological polar surface area (TPSA) is 65.0 Å². The first-order valence-corrected chi connectivity index (χ1v) is 18.0. The molecule has 0 radical (unpaired) electrons. The van der Waals surface area contributed by atoms with Gasteiger partial charge in [0.15, 0.2) is 17.5 Å². The van der Waals surface area contributed by atoms with Gasteiger partial charge in [0.2, 0.25) is 0 Å². The maximum atomic E-state index is 6.54. The van der Waals surface area contributed by atoms with Gasteiger partial charge in [0.1, 0.15) is 22.3 Å². The Labute approximate surface area is 309 Å². The summed E-state index contributed by atoms with van der Waals surface area (Å²) in [6, 6.07) is 60.5. The van der Waals surface area contributed by atoms with Crippen molar-refractivity contribution in [2.45, 2.75) is 0 Å². The van der Waals surface area contributed by atoms with E-state index >= 15 is 0 Å². The van der Waals surface area contributed by atoms with Crippen LogP contribution < -0.4 is 0 Å². The highest BCUT2D eigenvalue weighted by atomic mass is 16.3. The van der Waals surface area contributed by atoms with Crippen molar-refractivity contribution in [3.8, 4) is 56.4 Å². The van der Waals surface area contributed by atoms with Crippen LogP contribution in [0.1, 0.15) is 0 Å². The van der Waals surface area contributed by atoms with Crippen LogP contribution in [-0.2, 0) is 0 Å². The average molecular weight is 692 g/mol. The molecule has 0 saturated heterocycles. The minimum atomic E-state index is 0.518. The third kappa shape index (κ3) is 4.83. The molecule has 0 bridgehead atoms. The molecule has 8 aromatic carbocycles. The van der Waals surface area contributed by atoms with E-state index in [-0.39, 0.29) is 0 Å². The van der Waals surface area contributed by atoms with E-state index in [0.29, 0.717) is 17.5 Å². The smallest absolute Gasteiger partial charge is 0.167 e. The van der Waals surface area contributed by atoms with E-state index in [9.17, 15) is 0 Å². The Hall–Kier alpha value is -7.37. The van der Waals surface area contributed by atoms with Gasteiger partial charge in [-0.25, -0.2) is 15.0 Å². The van der Waals surface area contributed by atoms with Gasteiger partial charge in [-0.1, -0.05) is 146 Å². The van der Waals surface area contributed by atoms with Crippen molar-refractivity contribution >= 4 is 54.6 Å². The van der Waals surface area contributed by atoms with Crippen LogP contribution in [0.25, 0.3) is 111 Å². The summed E-state index contributed by atoms with van der Waals surface area (Å²) >= 11 is 0. The molecule has 0 spiro atoms. The molecule has 0 fully saturated rings. The Morgan fingerprint density at radius 3 is 1.48 bits per heavy atom. The van der Waals surface area contributed by atoms with E-state index in [1.807, 2.05) is 66.7 Å². The van der Waals surface area contributed by atoms with Gasteiger partial charge in [-0.05, 0) is 63.4 Å². The first-order chi connectivity index (χ1) is 26.8. The molecule has 5 nitrogen and oxygen atoms in total. The van der Waals surface area contributed by atoms with E-state index < -0.39 is 0 Å². The summed E-state index contributed by atoms with van der Waals surface area (Å²) in [7, 11) is 0. The largest absolute Gasteiger partial charge is 0.455 e. The second kappa shape index (κ2) is 12.1. The number of fused-ring (bicyclic) bond motifs is 7. The highest BCUT2D eigenvalue weighted by Gasteiger charge is 2.23. The number of furan rings is 2. The highest BCUT2D eigenvalue weighted by Crippen LogP contribution is 2.42. The zero-order valence-corrected chi connectivity index (χ0v) is 28.9. The summed E-state index contributed by atoms with van der Waals surface area (Å²) in [4.78, 5) is 15.9. The molecule has 0 saturated carbocycles. The standard InChI is InChI=1S/C49H29N3O2/c1-2-13-30(14-3-1)32-16-10-17-33(29-32)35-28-27-31-15-4-5-18-34(31)44(35)49-51-47(40-23-11-21-38-36-19-6-8-25-42(36)53-45(38)40)50-48(52-49)41-24-12-22-39-37-20-7-9-26-43(37)54-46(39)41/h1-29H. The zero-order chi connectivity index (χ0) is 35.6. The third-order valence-corrected chi connectivity index (χ3v) is 10.4. The number of rotatable bonds is 5. The van der Waals surface area contributed by atoms with Gasteiger partial charge in [0.25, 0.3) is 0 Å². The van der Waals surface area contributed by atoms with E-state index in [4.69, 9.17) is 23.8 Å². The molecule has 3 heterocycles. The monoisotopic (exact) mass is 691 g/mol. The fraction of sp³-hybridized carbons (Fsp3) is 0. The fourth-order valence-corrected chi connectivity index (χ4v) is 7.83. The lowest BCUT2D eigenvalue weighted by atomic mass is 9.92. The molecule has 0 amide bonds. The van der Waals surface area contributed by atoms with Gasteiger partial charge >= 0.3 is 0 Å². The first-order valence-electron chi connectivity index (χ1n) is 18.0. The number of benzene rings is 8. The maximum Gasteiger partial charge on any atom is 0.167 e. The van der Waals surface area contributed by atoms with Crippen molar-refractivity contribution in [3.05, 3.63) is 176 Å². The van der Waals surface area contributed by atoms with Crippen LogP contribution in [0.3, 0.4) is 0 Å². The van der Waals surface area contributed by atoms with Crippen molar-refractivity contribution in [2.24, 2.45) is 0 Å². The molecule has 0 aliphatic rings. The molecule has 0 N–H and O–H groups in total. The number of hydrogen-bond donors (Lipinski definition) is 0. The molecule has 3 aromatic heterocycles. The SMILES string of the molecule is c1ccc(-c2cccc(-c3ccc4ccccc4c3-c3nc(-c4cccc5c4oc4ccccc45)nc(-c4cccc5c4oc4ccccc45)n3)c2)cc1. The average Bonchev–Trinajstić information content (AvgIpc) is 3.82. The van der Waals surface area contributed by atoms with Crippen LogP contribution >= 0.6 is 0 Å². The Bertz CT molecular complexity index is 3100. The zero-order valence-electron chi connectivity index (χ0n) is 28.9. The van der Waals surface area contributed by atoms with Crippen molar-refractivity contribution in [1.82, 2.24) is 15.0 Å². The Balaban J connectivity index is 1.22. The Morgan fingerprint density at radius 1 is 0.315 bits per heavy atom. The minimum Gasteiger partial charge on any atom is -0.455 e. The normalized spacial score (nSPS) is 11.7. The molecule has 252 valence electrons. The molecule has 0 atom stereocenters. The molecule has 0 aliphatic carbocycles. The van der Waals surface area contributed by atoms with Gasteiger partial charge in [-0.15, -0.1) is 0 Å². The second-order valence-corrected chi connectivity index (χ2v) is 13.5. The van der Waals surface area contributed by atoms with Gasteiger partial charge in [-0.2, -0.15) is 0 Å². The Morgan fingerprint density at radius 2 is 0.815 bits per heavy atom. The molecule has 11 aromatic rings. The summed E-state index contributed by atoms with van der Waals surface area (Å²) < 4.78 is 13.1. The predicted molar refractivity (Wildman–Crippen MR) is 219 cm³/mol. The summed E-state index contributed by atoms with van der Waals surface area (Å²) in [5.41, 5.74) is 10.00. The lowest BCUT2D eigenvalue weighted by Gasteiger charge is -2.15. The van der Waals surface area contributed by atoms with Crippen LogP contribution in [0.5, 0.6) is 0 Å². The number of nitrogens with zero attached hydrogens (tertiary/aromatic N) is 3. The summed E-state index contributed by atoms with van der Waals surface area (Å²) in [5, 5.41) is 6.25. The summed E-state index contributed by atoms with van der Waals surface area (Å²) in [6.45, 7) is 0. The maximum absolute atomic E-state index is 6.54. The van der Waals surface area contributed by atoms with Crippen LogP contribution in [-0.4, -0.2) is 15.0 Å². The summed E-state index contributed by atoms with van der Waals surface area (Å²) in [5.74, 6) is 1.60. The number of para-hydroxylation sites is 4. The van der Waals surface area contributed by atoms with E-state index in [0.717, 1.165) is 93.6 Å². The van der Waals surface area contributed by atoms with Crippen molar-refractivity contribution in [3.63, 3.8) is 0 Å². The molecular formula is C49H29N3O2. The summed E-state index contributed by atoms with van der Waals surface area (Å²) in [6.07, 6.45) is 0. The first kappa shape index (κ1) is 30.3. The molecular weight excluding hydrogens is 663 g/mol. The molecule has 0 unspecified atom stereocenters. The van der Waals surface area contributed by atoms with Crippen LogP contribution in [0.15, 0.2) is 185 Å². The van der Waals surface area contributed by atoms with Crippen molar-refractivity contribution in [2.75, 3.05) is 0 Å². The Kier molecular flexibility index (Phi) is 6.79. The fourth-order valence-electron chi connectivity index (χ4n) is 7.83. The van der Waals surface area contributed by atoms with Gasteiger partial charge in [0, 0.05) is 27.1 Å². The molecule has 11 rings (SSSR count). The van der Waals surface area contributed by atoms with Crippen molar-refractivity contribution < 1.29 is 8.83 Å². The lowest BCUT2D eigenvalue weighted by Crippen LogP contribution is -2.02. The van der Waals surface area contributed by atoms with Gasteiger partial charge < -0.3 is 8.83 Å². The van der Waals surface area contributed by atoms with E-state index in [1.54, 1.807) is 0 Å². The number of hydrogen-bond acceptors (Lipinski definition) is 5.